The van der Waals surface area contributed by atoms with Crippen molar-refractivity contribution in [3.8, 4) is 29.6 Å². The number of fused-ring (bicyclic) bond motifs is 2. The van der Waals surface area contributed by atoms with Crippen molar-refractivity contribution in [2.45, 2.75) is 66.2 Å². The van der Waals surface area contributed by atoms with E-state index in [1.807, 2.05) is 18.2 Å². The van der Waals surface area contributed by atoms with Crippen molar-refractivity contribution in [1.29, 1.82) is 0 Å². The van der Waals surface area contributed by atoms with Crippen LogP contribution >= 0.6 is 0 Å². The summed E-state index contributed by atoms with van der Waals surface area (Å²) in [6, 6.07) is 6.03. The van der Waals surface area contributed by atoms with Gasteiger partial charge in [-0.05, 0) is 43.1 Å². The number of hydrogen-bond acceptors (Lipinski definition) is 5. The molecule has 0 amide bonds. The van der Waals surface area contributed by atoms with E-state index in [9.17, 15) is 0 Å². The van der Waals surface area contributed by atoms with Crippen LogP contribution < -0.4 is 9.64 Å². The second kappa shape index (κ2) is 12.4. The van der Waals surface area contributed by atoms with Crippen LogP contribution in [0.15, 0.2) is 30.5 Å². The number of anilines is 1. The Morgan fingerprint density at radius 2 is 1.82 bits per heavy atom. The number of aryl methyl sites for hydroxylation is 1. The smallest absolute Gasteiger partial charge is 0.318 e. The highest BCUT2D eigenvalue weighted by Crippen LogP contribution is 2.38. The van der Waals surface area contributed by atoms with E-state index in [1.54, 1.807) is 6.20 Å². The van der Waals surface area contributed by atoms with Crippen LogP contribution in [-0.2, 0) is 6.42 Å². The van der Waals surface area contributed by atoms with E-state index < -0.39 is 5.82 Å². The molecule has 3 aromatic rings. The van der Waals surface area contributed by atoms with E-state index in [-0.39, 0.29) is 17.2 Å². The maximum absolute atomic E-state index is 16.4. The van der Waals surface area contributed by atoms with Crippen molar-refractivity contribution in [2.24, 2.45) is 11.8 Å². The van der Waals surface area contributed by atoms with Gasteiger partial charge in [0.15, 0.2) is 5.82 Å². The van der Waals surface area contributed by atoms with Crippen molar-refractivity contribution in [1.82, 2.24) is 15.0 Å². The number of nitrogens with zero attached hydrogens (tertiary/aromatic N) is 4. The van der Waals surface area contributed by atoms with Crippen LogP contribution in [0.4, 0.5) is 10.2 Å². The molecular weight excluding hydrogens is 475 g/mol. The van der Waals surface area contributed by atoms with Crippen LogP contribution in [0.25, 0.3) is 27.7 Å². The third-order valence-electron chi connectivity index (χ3n) is 7.35. The summed E-state index contributed by atoms with van der Waals surface area (Å²) >= 11 is 0. The van der Waals surface area contributed by atoms with Gasteiger partial charge in [0, 0.05) is 36.0 Å². The Morgan fingerprint density at radius 3 is 2.45 bits per heavy atom. The van der Waals surface area contributed by atoms with E-state index >= 15 is 4.39 Å². The molecule has 0 aliphatic heterocycles. The monoisotopic (exact) mass is 514 g/mol. The summed E-state index contributed by atoms with van der Waals surface area (Å²) in [5.74, 6) is 3.91. The summed E-state index contributed by atoms with van der Waals surface area (Å²) in [4.78, 5) is 16.2. The number of benzene rings is 1. The minimum absolute atomic E-state index is 0.152. The number of terminal acetylenes is 1. The van der Waals surface area contributed by atoms with E-state index in [0.29, 0.717) is 28.6 Å². The van der Waals surface area contributed by atoms with Crippen molar-refractivity contribution >= 4 is 22.3 Å². The van der Waals surface area contributed by atoms with Crippen LogP contribution in [0.1, 0.15) is 70.9 Å². The van der Waals surface area contributed by atoms with Gasteiger partial charge in [0.05, 0.1) is 12.5 Å². The molecule has 1 aliphatic rings. The van der Waals surface area contributed by atoms with Crippen LogP contribution in [-0.4, -0.2) is 35.2 Å². The van der Waals surface area contributed by atoms with Crippen molar-refractivity contribution in [3.05, 3.63) is 47.4 Å². The molecule has 0 bridgehead atoms. The average molecular weight is 515 g/mol. The quantitative estimate of drug-likeness (QED) is 0.248. The summed E-state index contributed by atoms with van der Waals surface area (Å²) in [5, 5.41) is 0.594. The molecule has 2 heterocycles. The average Bonchev–Trinajstić information content (AvgIpc) is 2.92. The minimum atomic E-state index is -0.483. The Balaban J connectivity index is 1.89. The topological polar surface area (TPSA) is 51.1 Å². The molecule has 2 unspecified atom stereocenters. The van der Waals surface area contributed by atoms with Gasteiger partial charge >= 0.3 is 6.01 Å². The number of ether oxygens (including phenoxy) is 1. The molecular formula is C32H39FN4O. The van der Waals surface area contributed by atoms with Crippen LogP contribution in [0.2, 0.25) is 0 Å². The summed E-state index contributed by atoms with van der Waals surface area (Å²) in [6.45, 7) is 10.6. The highest BCUT2D eigenvalue weighted by atomic mass is 19.1. The number of allylic oxidation sites excluding steroid dienone is 2. The van der Waals surface area contributed by atoms with Crippen molar-refractivity contribution < 1.29 is 9.13 Å². The zero-order valence-electron chi connectivity index (χ0n) is 23.4. The molecule has 0 radical (unpaired) electrons. The molecule has 6 heteroatoms. The maximum atomic E-state index is 16.4. The third-order valence-corrected chi connectivity index (χ3v) is 7.35. The summed E-state index contributed by atoms with van der Waals surface area (Å²) < 4.78 is 21.9. The van der Waals surface area contributed by atoms with Crippen molar-refractivity contribution in [2.75, 3.05) is 25.1 Å². The largest absolute Gasteiger partial charge is 0.467 e. The fourth-order valence-corrected chi connectivity index (χ4v) is 5.64. The Hall–Kier alpha value is -3.46. The third kappa shape index (κ3) is 5.67. The van der Waals surface area contributed by atoms with Gasteiger partial charge in [-0.3, -0.25) is 4.98 Å². The standard InChI is InChI=1S/C32H39FN4O/c1-7-12-21(4)19-37(20-22(5)13-8-2)31-26-18-34-29(28(33)30(26)35-32(36-31)38-6)25-17-11-16-24-15-10-14-23(9-3)27(24)25/h3,11,14,16-18,21-22H,7-8,10,12-13,15,19-20H2,1-2,4-6H3. The first-order chi connectivity index (χ1) is 18.4. The lowest BCUT2D eigenvalue weighted by molar-refractivity contribution is 0.380. The van der Waals surface area contributed by atoms with E-state index in [1.165, 1.54) is 7.11 Å². The first-order valence-electron chi connectivity index (χ1n) is 13.9. The molecule has 200 valence electrons. The predicted octanol–water partition coefficient (Wildman–Crippen LogP) is 7.48. The molecule has 1 aliphatic carbocycles. The molecule has 0 saturated carbocycles. The molecule has 1 aromatic carbocycles. The van der Waals surface area contributed by atoms with Crippen molar-refractivity contribution in [3.63, 3.8) is 0 Å². The molecule has 38 heavy (non-hydrogen) atoms. The van der Waals surface area contributed by atoms with Crippen LogP contribution in [0, 0.1) is 30.0 Å². The van der Waals surface area contributed by atoms with E-state index in [4.69, 9.17) is 16.1 Å². The Kier molecular flexibility index (Phi) is 8.99. The van der Waals surface area contributed by atoms with Gasteiger partial charge in [-0.15, -0.1) is 6.42 Å². The first kappa shape index (κ1) is 27.6. The SMILES string of the molecule is C#CC1=CCCc2cccc(-c3ncc4c(N(CC(C)CCC)CC(C)CCC)nc(OC)nc4c3F)c21. The fraction of sp³-hybridized carbons (Fsp3) is 0.469. The molecule has 0 fully saturated rings. The minimum Gasteiger partial charge on any atom is -0.467 e. The number of aromatic nitrogens is 3. The van der Waals surface area contributed by atoms with Gasteiger partial charge in [-0.25, -0.2) is 4.39 Å². The first-order valence-corrected chi connectivity index (χ1v) is 13.9. The van der Waals surface area contributed by atoms with Crippen LogP contribution in [0.5, 0.6) is 6.01 Å². The van der Waals surface area contributed by atoms with Gasteiger partial charge in [0.1, 0.15) is 17.0 Å². The van der Waals surface area contributed by atoms with Gasteiger partial charge < -0.3 is 9.64 Å². The Labute approximate surface area is 226 Å². The molecule has 2 atom stereocenters. The lowest BCUT2D eigenvalue weighted by Crippen LogP contribution is -2.33. The predicted molar refractivity (Wildman–Crippen MR) is 155 cm³/mol. The fourth-order valence-electron chi connectivity index (χ4n) is 5.64. The molecule has 0 spiro atoms. The normalized spacial score (nSPS) is 14.4. The molecule has 0 saturated heterocycles. The summed E-state index contributed by atoms with van der Waals surface area (Å²) in [5.41, 5.74) is 3.93. The lowest BCUT2D eigenvalue weighted by Gasteiger charge is -2.30. The van der Waals surface area contributed by atoms with E-state index in [0.717, 1.165) is 68.3 Å². The Morgan fingerprint density at radius 1 is 1.11 bits per heavy atom. The van der Waals surface area contributed by atoms with E-state index in [2.05, 4.69) is 54.5 Å². The zero-order valence-corrected chi connectivity index (χ0v) is 23.4. The molecule has 2 aromatic heterocycles. The highest BCUT2D eigenvalue weighted by molar-refractivity contribution is 5.95. The van der Waals surface area contributed by atoms with Gasteiger partial charge in [-0.2, -0.15) is 9.97 Å². The maximum Gasteiger partial charge on any atom is 0.318 e. The summed E-state index contributed by atoms with van der Waals surface area (Å²) in [6.07, 6.45) is 15.8. The van der Waals surface area contributed by atoms with Crippen LogP contribution in [0.3, 0.4) is 0 Å². The number of hydrogen-bond donors (Lipinski definition) is 0. The molecule has 5 nitrogen and oxygen atoms in total. The number of methoxy groups -OCH3 is 1. The van der Waals surface area contributed by atoms with Gasteiger partial charge in [0.2, 0.25) is 0 Å². The number of pyridine rings is 1. The molecule has 0 N–H and O–H groups in total. The Bertz CT molecular complexity index is 1350. The zero-order chi connectivity index (χ0) is 27.2. The highest BCUT2D eigenvalue weighted by Gasteiger charge is 2.25. The second-order valence-corrected chi connectivity index (χ2v) is 10.6. The number of halogens is 1. The van der Waals surface area contributed by atoms with Gasteiger partial charge in [-0.1, -0.05) is 70.7 Å². The number of rotatable bonds is 11. The second-order valence-electron chi connectivity index (χ2n) is 10.6. The molecule has 4 rings (SSSR count). The lowest BCUT2D eigenvalue weighted by atomic mass is 9.86. The summed E-state index contributed by atoms with van der Waals surface area (Å²) in [7, 11) is 1.52. The van der Waals surface area contributed by atoms with Gasteiger partial charge in [0.25, 0.3) is 0 Å².